The molecule has 6 nitrogen and oxygen atoms in total. The minimum atomic E-state index is -3.77. The fourth-order valence-corrected chi connectivity index (χ4v) is 4.37. The predicted molar refractivity (Wildman–Crippen MR) is 88.2 cm³/mol. The molecule has 3 rings (SSSR count). The van der Waals surface area contributed by atoms with Crippen LogP contribution in [0.1, 0.15) is 5.56 Å². The number of fused-ring (bicyclic) bond motifs is 1. The molecule has 1 heterocycles. The van der Waals surface area contributed by atoms with Gasteiger partial charge in [-0.25, -0.2) is 8.42 Å². The highest BCUT2D eigenvalue weighted by Gasteiger charge is 2.28. The van der Waals surface area contributed by atoms with E-state index in [-0.39, 0.29) is 4.90 Å². The average molecular weight is 383 g/mol. The molecule has 0 atom stereocenters. The summed E-state index contributed by atoms with van der Waals surface area (Å²) in [5, 5.41) is 9.67. The van der Waals surface area contributed by atoms with Gasteiger partial charge in [-0.15, -0.1) is 0 Å². The third kappa shape index (κ3) is 2.85. The Morgan fingerprint density at radius 1 is 1.27 bits per heavy atom. The van der Waals surface area contributed by atoms with Crippen LogP contribution in [0.25, 0.3) is 0 Å². The highest BCUT2D eigenvalue weighted by Crippen LogP contribution is 2.26. The van der Waals surface area contributed by atoms with Crippen LogP contribution in [0.2, 0.25) is 0 Å². The third-order valence-electron chi connectivity index (χ3n) is 3.31. The second-order valence-electron chi connectivity index (χ2n) is 4.87. The van der Waals surface area contributed by atoms with Crippen LogP contribution in [0.15, 0.2) is 45.8 Å². The van der Waals surface area contributed by atoms with Crippen molar-refractivity contribution in [2.24, 2.45) is 0 Å². The lowest BCUT2D eigenvalue weighted by molar-refractivity contribution is 0.275. The molecule has 0 unspecified atom stereocenters. The fraction of sp³-hybridized carbons (Fsp3) is 0.0769. The van der Waals surface area contributed by atoms with E-state index in [0.29, 0.717) is 27.9 Å². The van der Waals surface area contributed by atoms with Crippen LogP contribution >= 0.6 is 15.9 Å². The van der Waals surface area contributed by atoms with Gasteiger partial charge in [0.1, 0.15) is 4.90 Å². The molecule has 0 saturated heterocycles. The Labute approximate surface area is 136 Å². The number of rotatable bonds is 3. The van der Waals surface area contributed by atoms with Crippen molar-refractivity contribution < 1.29 is 18.1 Å². The maximum Gasteiger partial charge on any atom is 0.491 e. The number of nitrogens with one attached hydrogen (secondary N) is 1. The van der Waals surface area contributed by atoms with E-state index < -0.39 is 17.1 Å². The molecule has 0 fully saturated rings. The van der Waals surface area contributed by atoms with Crippen molar-refractivity contribution in [3.63, 3.8) is 0 Å². The van der Waals surface area contributed by atoms with Crippen LogP contribution in [-0.4, -0.2) is 20.6 Å². The van der Waals surface area contributed by atoms with E-state index in [2.05, 4.69) is 20.7 Å². The van der Waals surface area contributed by atoms with E-state index in [1.54, 1.807) is 18.2 Å². The maximum atomic E-state index is 12.4. The molecule has 2 aromatic carbocycles. The molecule has 0 aromatic heterocycles. The van der Waals surface area contributed by atoms with Gasteiger partial charge >= 0.3 is 7.12 Å². The lowest BCUT2D eigenvalue weighted by atomic mass is 9.79. The zero-order chi connectivity index (χ0) is 15.9. The molecule has 0 spiro atoms. The van der Waals surface area contributed by atoms with Crippen molar-refractivity contribution in [3.8, 4) is 0 Å². The van der Waals surface area contributed by atoms with E-state index in [9.17, 15) is 13.4 Å². The molecular formula is C13H12BBrN2O4S. The van der Waals surface area contributed by atoms with Crippen LogP contribution in [0.3, 0.4) is 0 Å². The monoisotopic (exact) mass is 382 g/mol. The van der Waals surface area contributed by atoms with Gasteiger partial charge in [0.05, 0.1) is 6.61 Å². The summed E-state index contributed by atoms with van der Waals surface area (Å²) in [7, 11) is -4.80. The number of hydrogen-bond acceptors (Lipinski definition) is 5. The Hall–Kier alpha value is -1.55. The van der Waals surface area contributed by atoms with Crippen LogP contribution in [0.4, 0.5) is 11.4 Å². The van der Waals surface area contributed by atoms with Crippen molar-refractivity contribution in [1.29, 1.82) is 0 Å². The van der Waals surface area contributed by atoms with Crippen LogP contribution in [0, 0.1) is 0 Å². The SMILES string of the molecule is Nc1ccc(S(=O)(=O)Nc2ccc3c(c2)B(O)OC3)c(Br)c1. The molecule has 9 heteroatoms. The Bertz CT molecular complexity index is 844. The van der Waals surface area contributed by atoms with Gasteiger partial charge in [-0.05, 0) is 57.3 Å². The predicted octanol–water partition coefficient (Wildman–Crippen LogP) is 1.05. The van der Waals surface area contributed by atoms with Gasteiger partial charge in [0, 0.05) is 15.8 Å². The second kappa shape index (κ2) is 5.58. The average Bonchev–Trinajstić information content (AvgIpc) is 2.79. The lowest BCUT2D eigenvalue weighted by Gasteiger charge is -2.11. The smallest absolute Gasteiger partial charge is 0.423 e. The number of benzene rings is 2. The largest absolute Gasteiger partial charge is 0.491 e. The van der Waals surface area contributed by atoms with Crippen LogP contribution < -0.4 is 15.9 Å². The number of sulfonamides is 1. The van der Waals surface area contributed by atoms with Gasteiger partial charge in [0.2, 0.25) is 0 Å². The minimum absolute atomic E-state index is 0.0824. The Morgan fingerprint density at radius 3 is 2.77 bits per heavy atom. The molecule has 0 saturated carbocycles. The van der Waals surface area contributed by atoms with Crippen molar-refractivity contribution in [2.45, 2.75) is 11.5 Å². The number of nitrogen functional groups attached to an aromatic ring is 1. The highest BCUT2D eigenvalue weighted by atomic mass is 79.9. The van der Waals surface area contributed by atoms with Crippen LogP contribution in [0.5, 0.6) is 0 Å². The first-order valence-electron chi connectivity index (χ1n) is 6.37. The zero-order valence-electron chi connectivity index (χ0n) is 11.3. The summed E-state index contributed by atoms with van der Waals surface area (Å²) in [5.41, 5.74) is 7.83. The topological polar surface area (TPSA) is 102 Å². The summed E-state index contributed by atoms with van der Waals surface area (Å²) < 4.78 is 32.8. The van der Waals surface area contributed by atoms with E-state index in [0.717, 1.165) is 5.56 Å². The third-order valence-corrected chi connectivity index (χ3v) is 5.66. The molecule has 1 aliphatic heterocycles. The molecule has 2 aromatic rings. The fourth-order valence-electron chi connectivity index (χ4n) is 2.22. The zero-order valence-corrected chi connectivity index (χ0v) is 13.7. The van der Waals surface area contributed by atoms with Crippen molar-refractivity contribution in [3.05, 3.63) is 46.4 Å². The van der Waals surface area contributed by atoms with Crippen molar-refractivity contribution in [1.82, 2.24) is 0 Å². The number of nitrogens with two attached hydrogens (primary N) is 1. The molecule has 0 amide bonds. The second-order valence-corrected chi connectivity index (χ2v) is 7.38. The molecule has 1 aliphatic rings. The summed E-state index contributed by atoms with van der Waals surface area (Å²) in [6.45, 7) is 0.313. The number of hydrogen-bond donors (Lipinski definition) is 3. The Kier molecular flexibility index (Phi) is 3.90. The molecule has 114 valence electrons. The molecule has 0 bridgehead atoms. The Balaban J connectivity index is 1.93. The first-order valence-corrected chi connectivity index (χ1v) is 8.65. The summed E-state index contributed by atoms with van der Waals surface area (Å²) >= 11 is 3.20. The lowest BCUT2D eigenvalue weighted by Crippen LogP contribution is -2.28. The first-order chi connectivity index (χ1) is 10.4. The van der Waals surface area contributed by atoms with Gasteiger partial charge < -0.3 is 15.4 Å². The normalized spacial score (nSPS) is 14.0. The summed E-state index contributed by atoms with van der Waals surface area (Å²) in [5.74, 6) is 0. The summed E-state index contributed by atoms with van der Waals surface area (Å²) in [6, 6.07) is 9.38. The summed E-state index contributed by atoms with van der Waals surface area (Å²) in [4.78, 5) is 0.0824. The highest BCUT2D eigenvalue weighted by molar-refractivity contribution is 9.10. The molecule has 0 radical (unpaired) electrons. The van der Waals surface area contributed by atoms with Crippen molar-refractivity contribution in [2.75, 3.05) is 10.5 Å². The molecule has 4 N–H and O–H groups in total. The van der Waals surface area contributed by atoms with Crippen LogP contribution in [-0.2, 0) is 21.3 Å². The van der Waals surface area contributed by atoms with E-state index in [1.165, 1.54) is 18.2 Å². The maximum absolute atomic E-state index is 12.4. The van der Waals surface area contributed by atoms with E-state index >= 15 is 0 Å². The quantitative estimate of drug-likeness (QED) is 0.544. The Morgan fingerprint density at radius 2 is 2.05 bits per heavy atom. The molecule has 22 heavy (non-hydrogen) atoms. The van der Waals surface area contributed by atoms with Gasteiger partial charge in [0.15, 0.2) is 0 Å². The van der Waals surface area contributed by atoms with E-state index in [1.807, 2.05) is 0 Å². The molecular weight excluding hydrogens is 371 g/mol. The summed E-state index contributed by atoms with van der Waals surface area (Å²) in [6.07, 6.45) is 0. The standard InChI is InChI=1S/C13H12BBrN2O4S/c15-12-5-9(16)2-4-13(12)22(19,20)17-10-3-1-8-7-21-14(18)11(8)6-10/h1-6,17-18H,7,16H2. The minimum Gasteiger partial charge on any atom is -0.423 e. The first kappa shape index (κ1) is 15.4. The number of halogens is 1. The van der Waals surface area contributed by atoms with Gasteiger partial charge in [-0.3, -0.25) is 4.72 Å². The van der Waals surface area contributed by atoms with Gasteiger partial charge in [-0.1, -0.05) is 6.07 Å². The number of anilines is 2. The van der Waals surface area contributed by atoms with Gasteiger partial charge in [-0.2, -0.15) is 0 Å². The van der Waals surface area contributed by atoms with Crippen molar-refractivity contribution >= 4 is 49.9 Å². The molecule has 0 aliphatic carbocycles. The van der Waals surface area contributed by atoms with E-state index in [4.69, 9.17) is 10.4 Å². The van der Waals surface area contributed by atoms with Gasteiger partial charge in [0.25, 0.3) is 10.0 Å².